The maximum Gasteiger partial charge on any atom is 0.418 e. The number of pyridine rings is 2. The molecule has 3 aromatic carbocycles. The Bertz CT molecular complexity index is 2330. The number of ether oxygens (including phenoxy) is 3. The lowest BCUT2D eigenvalue weighted by atomic mass is 9.98. The van der Waals surface area contributed by atoms with E-state index in [9.17, 15) is 0 Å². The molecule has 3 aromatic heterocycles. The minimum Gasteiger partial charge on any atom is -0.497 e. The van der Waals surface area contributed by atoms with Gasteiger partial charge in [0.15, 0.2) is 5.75 Å². The number of alkyl halides is 3. The van der Waals surface area contributed by atoms with Gasteiger partial charge in [-0.3, -0.25) is 0 Å². The van der Waals surface area contributed by atoms with E-state index in [0.29, 0.717) is 59.5 Å². The molecule has 15 heteroatoms. The highest BCUT2D eigenvalue weighted by molar-refractivity contribution is 6.36. The molecular formula is C41H40ClF3N8O3. The standard InChI is InChI=1S/C41H40ClF3N8O3/c1-23-16-33(52(20-25-6-10-28(54-4)11-7-25)21-26-8-12-29(55-5)13-9-26)51-37(35(23)41(43,44)45)31-18-32-34-38(36(31)42)56-15-14-53(40(34)50-22-49-32)24(2)30-17-27(47-3)19-48-39(30)46/h6-13,16-19,22,24,47H,14-15,20-21H2,1-5H3,(H2,46,48)/t24-/m1/s1. The maximum absolute atomic E-state index is 15.1. The molecule has 290 valence electrons. The van der Waals surface area contributed by atoms with Gasteiger partial charge in [-0.25, -0.2) is 19.9 Å². The fourth-order valence-corrected chi connectivity index (χ4v) is 7.32. The number of nitrogens with zero attached hydrogens (tertiary/aromatic N) is 6. The van der Waals surface area contributed by atoms with Crippen LogP contribution in [-0.2, 0) is 19.3 Å². The van der Waals surface area contributed by atoms with Crippen LogP contribution in [0.15, 0.2) is 79.3 Å². The van der Waals surface area contributed by atoms with Gasteiger partial charge in [0.25, 0.3) is 0 Å². The summed E-state index contributed by atoms with van der Waals surface area (Å²) in [4.78, 5) is 22.2. The number of aromatic nitrogens is 4. The van der Waals surface area contributed by atoms with Crippen molar-refractivity contribution in [2.24, 2.45) is 0 Å². The first kappa shape index (κ1) is 38.3. The normalized spacial score (nSPS) is 13.2. The Morgan fingerprint density at radius 1 is 0.964 bits per heavy atom. The minimum absolute atomic E-state index is 0.0201. The van der Waals surface area contributed by atoms with E-state index in [2.05, 4.69) is 20.3 Å². The van der Waals surface area contributed by atoms with E-state index in [1.165, 1.54) is 25.4 Å². The van der Waals surface area contributed by atoms with Gasteiger partial charge in [0.1, 0.15) is 41.9 Å². The number of nitrogens with two attached hydrogens (primary N) is 1. The molecule has 1 aliphatic rings. The molecule has 0 unspecified atom stereocenters. The van der Waals surface area contributed by atoms with Crippen molar-refractivity contribution in [3.63, 3.8) is 0 Å². The molecule has 11 nitrogen and oxygen atoms in total. The van der Waals surface area contributed by atoms with E-state index in [-0.39, 0.29) is 40.2 Å². The number of hydrogen-bond acceptors (Lipinski definition) is 11. The average Bonchev–Trinajstić information content (AvgIpc) is 3.39. The summed E-state index contributed by atoms with van der Waals surface area (Å²) < 4.78 is 62.3. The summed E-state index contributed by atoms with van der Waals surface area (Å²) >= 11 is 7.15. The maximum atomic E-state index is 15.1. The van der Waals surface area contributed by atoms with Gasteiger partial charge in [0.05, 0.1) is 65.9 Å². The second kappa shape index (κ2) is 15.6. The Hall–Kier alpha value is -6.02. The van der Waals surface area contributed by atoms with Crippen LogP contribution in [0, 0.1) is 6.92 Å². The van der Waals surface area contributed by atoms with Crippen molar-refractivity contribution in [1.29, 1.82) is 0 Å². The Morgan fingerprint density at radius 2 is 1.61 bits per heavy atom. The zero-order chi connectivity index (χ0) is 39.7. The first-order chi connectivity index (χ1) is 26.9. The molecule has 56 heavy (non-hydrogen) atoms. The number of anilines is 4. The van der Waals surface area contributed by atoms with Crippen molar-refractivity contribution in [2.75, 3.05) is 55.3 Å². The van der Waals surface area contributed by atoms with Crippen molar-refractivity contribution in [1.82, 2.24) is 19.9 Å². The molecule has 0 amide bonds. The fourth-order valence-electron chi connectivity index (χ4n) is 7.03. The van der Waals surface area contributed by atoms with Crippen LogP contribution in [0.4, 0.5) is 36.3 Å². The van der Waals surface area contributed by atoms with Crippen LogP contribution in [0.1, 0.15) is 40.8 Å². The van der Waals surface area contributed by atoms with Crippen LogP contribution in [0.5, 0.6) is 17.2 Å². The highest BCUT2D eigenvalue weighted by Gasteiger charge is 2.39. The minimum atomic E-state index is -4.77. The number of aryl methyl sites for hydroxylation is 1. The van der Waals surface area contributed by atoms with Crippen molar-refractivity contribution in [2.45, 2.75) is 39.2 Å². The quantitative estimate of drug-likeness (QED) is 0.131. The van der Waals surface area contributed by atoms with Gasteiger partial charge < -0.3 is 35.1 Å². The summed E-state index contributed by atoms with van der Waals surface area (Å²) in [6.07, 6.45) is -1.75. The number of nitrogen functional groups attached to an aromatic ring is 1. The van der Waals surface area contributed by atoms with Gasteiger partial charge in [-0.05, 0) is 73.0 Å². The number of nitrogens with one attached hydrogen (secondary N) is 1. The second-order valence-corrected chi connectivity index (χ2v) is 13.8. The predicted octanol–water partition coefficient (Wildman–Crippen LogP) is 8.88. The van der Waals surface area contributed by atoms with Gasteiger partial charge in [0, 0.05) is 31.3 Å². The second-order valence-electron chi connectivity index (χ2n) is 13.4. The SMILES string of the molecule is CNc1cnc(N)c([C@@H](C)N2CCOc3c(Cl)c(-c4nc(N(Cc5ccc(OC)cc5)Cc5ccc(OC)cc5)cc(C)c4C(F)(F)F)cc4ncnc2c34)c1. The van der Waals surface area contributed by atoms with E-state index in [4.69, 9.17) is 36.5 Å². The summed E-state index contributed by atoms with van der Waals surface area (Å²) in [5, 5.41) is 3.52. The zero-order valence-corrected chi connectivity index (χ0v) is 32.2. The number of halogens is 4. The smallest absolute Gasteiger partial charge is 0.418 e. The third-order valence-electron chi connectivity index (χ3n) is 9.94. The lowest BCUT2D eigenvalue weighted by molar-refractivity contribution is -0.137. The van der Waals surface area contributed by atoms with Crippen LogP contribution in [-0.4, -0.2) is 54.4 Å². The van der Waals surface area contributed by atoms with Gasteiger partial charge in [0.2, 0.25) is 0 Å². The van der Waals surface area contributed by atoms with Crippen molar-refractivity contribution >= 4 is 45.6 Å². The molecule has 0 aliphatic carbocycles. The van der Waals surface area contributed by atoms with Crippen LogP contribution in [0.25, 0.3) is 22.2 Å². The molecule has 0 fully saturated rings. The molecular weight excluding hydrogens is 745 g/mol. The third-order valence-corrected chi connectivity index (χ3v) is 10.3. The Labute approximate surface area is 327 Å². The van der Waals surface area contributed by atoms with E-state index in [1.807, 2.05) is 71.3 Å². The topological polar surface area (TPSA) is 124 Å². The highest BCUT2D eigenvalue weighted by atomic mass is 35.5. The molecule has 7 rings (SSSR count). The summed E-state index contributed by atoms with van der Waals surface area (Å²) in [6.45, 7) is 4.57. The third kappa shape index (κ3) is 7.48. The van der Waals surface area contributed by atoms with Gasteiger partial charge >= 0.3 is 6.18 Å². The van der Waals surface area contributed by atoms with E-state index in [0.717, 1.165) is 22.4 Å². The van der Waals surface area contributed by atoms with Gasteiger partial charge in [-0.15, -0.1) is 0 Å². The summed E-state index contributed by atoms with van der Waals surface area (Å²) in [6, 6.07) is 19.6. The summed E-state index contributed by atoms with van der Waals surface area (Å²) in [5.74, 6) is 2.71. The van der Waals surface area contributed by atoms with Crippen LogP contribution in [0.3, 0.4) is 0 Å². The number of benzene rings is 3. The number of rotatable bonds is 11. The molecule has 0 saturated heterocycles. The van der Waals surface area contributed by atoms with Crippen molar-refractivity contribution in [3.8, 4) is 28.5 Å². The van der Waals surface area contributed by atoms with Crippen molar-refractivity contribution < 1.29 is 27.4 Å². The van der Waals surface area contributed by atoms with Crippen molar-refractivity contribution in [3.05, 3.63) is 112 Å². The van der Waals surface area contributed by atoms with Crippen LogP contribution in [0.2, 0.25) is 5.02 Å². The lowest BCUT2D eigenvalue weighted by Crippen LogP contribution is -2.31. The molecule has 1 aliphatic heterocycles. The Kier molecular flexibility index (Phi) is 10.7. The monoisotopic (exact) mass is 784 g/mol. The number of hydrogen-bond donors (Lipinski definition) is 2. The first-order valence-corrected chi connectivity index (χ1v) is 18.2. The van der Waals surface area contributed by atoms with Gasteiger partial charge in [-0.1, -0.05) is 35.9 Å². The summed E-state index contributed by atoms with van der Waals surface area (Å²) in [7, 11) is 4.96. The molecule has 0 bridgehead atoms. The molecule has 0 saturated carbocycles. The summed E-state index contributed by atoms with van der Waals surface area (Å²) in [5.41, 5.74) is 8.77. The van der Waals surface area contributed by atoms with E-state index >= 15 is 13.2 Å². The Balaban J connectivity index is 1.38. The fraction of sp³-hybridized carbons (Fsp3) is 0.268. The largest absolute Gasteiger partial charge is 0.497 e. The van der Waals surface area contributed by atoms with Crippen LogP contribution < -0.4 is 35.1 Å². The molecule has 4 heterocycles. The highest BCUT2D eigenvalue weighted by Crippen LogP contribution is 2.49. The molecule has 1 atom stereocenters. The van der Waals surface area contributed by atoms with E-state index in [1.54, 1.807) is 27.5 Å². The molecule has 3 N–H and O–H groups in total. The molecule has 6 aromatic rings. The number of methoxy groups -OCH3 is 2. The zero-order valence-electron chi connectivity index (χ0n) is 31.4. The first-order valence-electron chi connectivity index (χ1n) is 17.8. The lowest BCUT2D eigenvalue weighted by Gasteiger charge is -2.30. The predicted molar refractivity (Wildman–Crippen MR) is 213 cm³/mol. The van der Waals surface area contributed by atoms with Gasteiger partial charge in [-0.2, -0.15) is 13.2 Å². The average molecular weight is 785 g/mol. The molecule has 0 spiro atoms. The van der Waals surface area contributed by atoms with Crippen LogP contribution >= 0.6 is 11.6 Å². The molecule has 0 radical (unpaired) electrons. The van der Waals surface area contributed by atoms with E-state index < -0.39 is 11.7 Å². The Morgan fingerprint density at radius 3 is 2.20 bits per heavy atom.